The second-order valence-corrected chi connectivity index (χ2v) is 7.85. The van der Waals surface area contributed by atoms with E-state index in [2.05, 4.69) is 10.3 Å². The number of amides is 1. The van der Waals surface area contributed by atoms with E-state index in [0.29, 0.717) is 17.3 Å². The topological polar surface area (TPSA) is 90.3 Å². The second kappa shape index (κ2) is 10.5. The van der Waals surface area contributed by atoms with Crippen molar-refractivity contribution >= 4 is 22.8 Å². The first-order chi connectivity index (χ1) is 14.9. The number of nitrogens with zero attached hydrogens (tertiary/aromatic N) is 2. The molecule has 0 radical (unpaired) electrons. The number of fused-ring (bicyclic) bond motifs is 1. The van der Waals surface area contributed by atoms with Crippen LogP contribution in [0.1, 0.15) is 32.3 Å². The average molecular weight is 421 g/mol. The summed E-state index contributed by atoms with van der Waals surface area (Å²) in [4.78, 5) is 41.9. The van der Waals surface area contributed by atoms with Crippen LogP contribution in [0.15, 0.2) is 65.7 Å². The summed E-state index contributed by atoms with van der Waals surface area (Å²) >= 11 is 0. The van der Waals surface area contributed by atoms with Crippen molar-refractivity contribution in [3.63, 3.8) is 0 Å². The zero-order valence-corrected chi connectivity index (χ0v) is 17.8. The number of carbonyl (C=O) groups is 2. The highest BCUT2D eigenvalue weighted by molar-refractivity contribution is 5.84. The number of para-hydroxylation sites is 1. The molecule has 0 aliphatic rings. The molecule has 1 aromatic heterocycles. The van der Waals surface area contributed by atoms with Crippen molar-refractivity contribution in [3.8, 4) is 0 Å². The summed E-state index contributed by atoms with van der Waals surface area (Å²) in [7, 11) is 0. The maximum Gasteiger partial charge on any atom is 0.328 e. The van der Waals surface area contributed by atoms with Crippen LogP contribution in [0.3, 0.4) is 0 Å². The minimum atomic E-state index is -0.734. The smallest absolute Gasteiger partial charge is 0.328 e. The first kappa shape index (κ1) is 22.2. The maximum absolute atomic E-state index is 12.6. The Morgan fingerprint density at radius 1 is 1.06 bits per heavy atom. The van der Waals surface area contributed by atoms with E-state index >= 15 is 0 Å². The van der Waals surface area contributed by atoms with E-state index < -0.39 is 12.0 Å². The lowest BCUT2D eigenvalue weighted by molar-refractivity contribution is -0.149. The molecule has 2 aromatic carbocycles. The van der Waals surface area contributed by atoms with E-state index in [0.717, 1.165) is 5.56 Å². The minimum Gasteiger partial charge on any atom is -0.459 e. The quantitative estimate of drug-likeness (QED) is 0.536. The number of rotatable bonds is 9. The van der Waals surface area contributed by atoms with Crippen molar-refractivity contribution < 1.29 is 14.3 Å². The normalized spacial score (nSPS) is 12.0. The van der Waals surface area contributed by atoms with Crippen LogP contribution in [0.4, 0.5) is 0 Å². The molecule has 162 valence electrons. The summed E-state index contributed by atoms with van der Waals surface area (Å²) in [5.41, 5.74) is 1.31. The summed E-state index contributed by atoms with van der Waals surface area (Å²) in [6, 6.07) is 15.7. The van der Waals surface area contributed by atoms with Gasteiger partial charge >= 0.3 is 5.97 Å². The van der Waals surface area contributed by atoms with E-state index in [1.807, 2.05) is 50.2 Å². The molecule has 0 unspecified atom stereocenters. The molecule has 1 atom stereocenters. The molecular weight excluding hydrogens is 394 g/mol. The van der Waals surface area contributed by atoms with Crippen LogP contribution in [0, 0.1) is 5.92 Å². The Morgan fingerprint density at radius 3 is 2.52 bits per heavy atom. The predicted octanol–water partition coefficient (Wildman–Crippen LogP) is 3.06. The molecule has 0 fully saturated rings. The largest absolute Gasteiger partial charge is 0.459 e. The molecule has 3 rings (SSSR count). The first-order valence-electron chi connectivity index (χ1n) is 10.4. The average Bonchev–Trinajstić information content (AvgIpc) is 2.77. The van der Waals surface area contributed by atoms with Crippen molar-refractivity contribution in [2.75, 3.05) is 0 Å². The van der Waals surface area contributed by atoms with Gasteiger partial charge < -0.3 is 10.1 Å². The van der Waals surface area contributed by atoms with Gasteiger partial charge in [-0.15, -0.1) is 0 Å². The SMILES string of the molecule is CC(C)C[C@H](NC(=O)CCn1cnc2ccccc2c1=O)C(=O)OCc1ccccc1. The fourth-order valence-electron chi connectivity index (χ4n) is 3.27. The zero-order chi connectivity index (χ0) is 22.2. The van der Waals surface area contributed by atoms with Crippen LogP contribution in [-0.2, 0) is 27.5 Å². The molecule has 7 nitrogen and oxygen atoms in total. The standard InChI is InChI=1S/C24H27N3O4/c1-17(2)14-21(24(30)31-15-18-8-4-3-5-9-18)26-22(28)12-13-27-16-25-20-11-7-6-10-19(20)23(27)29/h3-11,16-17,21H,12-15H2,1-2H3,(H,26,28)/t21-/m0/s1. The predicted molar refractivity (Wildman–Crippen MR) is 118 cm³/mol. The lowest BCUT2D eigenvalue weighted by atomic mass is 10.0. The number of hydrogen-bond donors (Lipinski definition) is 1. The van der Waals surface area contributed by atoms with Gasteiger partial charge in [-0.25, -0.2) is 9.78 Å². The number of hydrogen-bond acceptors (Lipinski definition) is 5. The Labute approximate surface area is 181 Å². The van der Waals surface area contributed by atoms with Gasteiger partial charge in [0.15, 0.2) is 0 Å². The Balaban J connectivity index is 1.59. The second-order valence-electron chi connectivity index (χ2n) is 7.85. The fraction of sp³-hybridized carbons (Fsp3) is 0.333. The summed E-state index contributed by atoms with van der Waals surface area (Å²) in [6.07, 6.45) is 1.97. The lowest BCUT2D eigenvalue weighted by Gasteiger charge is -2.19. The molecule has 1 amide bonds. The number of aryl methyl sites for hydroxylation is 1. The molecule has 1 N–H and O–H groups in total. The van der Waals surface area contributed by atoms with Gasteiger partial charge in [0.05, 0.1) is 17.2 Å². The van der Waals surface area contributed by atoms with Crippen LogP contribution in [0.2, 0.25) is 0 Å². The fourth-order valence-corrected chi connectivity index (χ4v) is 3.27. The van der Waals surface area contributed by atoms with Crippen molar-refractivity contribution in [2.24, 2.45) is 5.92 Å². The van der Waals surface area contributed by atoms with Gasteiger partial charge in [-0.2, -0.15) is 0 Å². The molecule has 0 saturated carbocycles. The highest BCUT2D eigenvalue weighted by atomic mass is 16.5. The number of aromatic nitrogens is 2. The molecule has 0 aliphatic heterocycles. The summed E-state index contributed by atoms with van der Waals surface area (Å²) in [5.74, 6) is -0.584. The van der Waals surface area contributed by atoms with Gasteiger partial charge in [-0.3, -0.25) is 14.2 Å². The van der Waals surface area contributed by atoms with Crippen molar-refractivity contribution in [3.05, 3.63) is 76.8 Å². The van der Waals surface area contributed by atoms with Crippen molar-refractivity contribution in [1.29, 1.82) is 0 Å². The van der Waals surface area contributed by atoms with Crippen LogP contribution in [-0.4, -0.2) is 27.5 Å². The monoisotopic (exact) mass is 421 g/mol. The Morgan fingerprint density at radius 2 is 1.77 bits per heavy atom. The lowest BCUT2D eigenvalue weighted by Crippen LogP contribution is -2.43. The molecule has 7 heteroatoms. The Hall–Kier alpha value is -3.48. The molecule has 0 aliphatic carbocycles. The van der Waals surface area contributed by atoms with E-state index in [1.54, 1.807) is 18.2 Å². The molecule has 3 aromatic rings. The molecular formula is C24H27N3O4. The number of ether oxygens (including phenoxy) is 1. The third-order valence-corrected chi connectivity index (χ3v) is 4.86. The van der Waals surface area contributed by atoms with Crippen LogP contribution in [0.5, 0.6) is 0 Å². The van der Waals surface area contributed by atoms with Gasteiger partial charge in [0.1, 0.15) is 12.6 Å². The van der Waals surface area contributed by atoms with E-state index in [4.69, 9.17) is 4.74 Å². The first-order valence-corrected chi connectivity index (χ1v) is 10.4. The zero-order valence-electron chi connectivity index (χ0n) is 17.8. The molecule has 0 bridgehead atoms. The number of esters is 1. The van der Waals surface area contributed by atoms with E-state index in [-0.39, 0.29) is 37.0 Å². The summed E-state index contributed by atoms with van der Waals surface area (Å²) in [6.45, 7) is 4.28. The van der Waals surface area contributed by atoms with Gasteiger partial charge in [0.2, 0.25) is 5.91 Å². The Kier molecular flexibility index (Phi) is 7.54. The van der Waals surface area contributed by atoms with E-state index in [1.165, 1.54) is 10.9 Å². The third kappa shape index (κ3) is 6.25. The molecule has 0 spiro atoms. The maximum atomic E-state index is 12.6. The van der Waals surface area contributed by atoms with Crippen LogP contribution >= 0.6 is 0 Å². The Bertz CT molecular complexity index is 1090. The molecule has 31 heavy (non-hydrogen) atoms. The van der Waals surface area contributed by atoms with Gasteiger partial charge in [-0.1, -0.05) is 56.3 Å². The van der Waals surface area contributed by atoms with Crippen molar-refractivity contribution in [2.45, 2.75) is 45.9 Å². The number of carbonyl (C=O) groups excluding carboxylic acids is 2. The van der Waals surface area contributed by atoms with Gasteiger partial charge in [-0.05, 0) is 30.0 Å². The molecule has 1 heterocycles. The molecule has 0 saturated heterocycles. The third-order valence-electron chi connectivity index (χ3n) is 4.86. The highest BCUT2D eigenvalue weighted by Crippen LogP contribution is 2.10. The highest BCUT2D eigenvalue weighted by Gasteiger charge is 2.23. The van der Waals surface area contributed by atoms with Gasteiger partial charge in [0.25, 0.3) is 5.56 Å². The number of benzene rings is 2. The summed E-state index contributed by atoms with van der Waals surface area (Å²) in [5, 5.41) is 3.27. The van der Waals surface area contributed by atoms with Crippen LogP contribution in [0.25, 0.3) is 10.9 Å². The summed E-state index contributed by atoms with van der Waals surface area (Å²) < 4.78 is 6.81. The van der Waals surface area contributed by atoms with Crippen molar-refractivity contribution in [1.82, 2.24) is 14.9 Å². The number of nitrogens with one attached hydrogen (secondary N) is 1. The van der Waals surface area contributed by atoms with Gasteiger partial charge in [0, 0.05) is 13.0 Å². The minimum absolute atomic E-state index is 0.0560. The van der Waals surface area contributed by atoms with E-state index in [9.17, 15) is 14.4 Å². The van der Waals surface area contributed by atoms with Crippen LogP contribution < -0.4 is 10.9 Å².